The molecule has 4 heteroatoms. The zero-order valence-corrected chi connectivity index (χ0v) is 10.2. The Labute approximate surface area is 104 Å². The molecule has 0 radical (unpaired) electrons. The lowest BCUT2D eigenvalue weighted by Gasteiger charge is -1.98. The minimum absolute atomic E-state index is 0.265. The van der Waals surface area contributed by atoms with E-state index in [4.69, 9.17) is 0 Å². The van der Waals surface area contributed by atoms with Crippen LogP contribution in [-0.4, -0.2) is 20.1 Å². The lowest BCUT2D eigenvalue weighted by atomic mass is 10.1. The number of nitrogens with one attached hydrogen (secondary N) is 1. The van der Waals surface area contributed by atoms with Gasteiger partial charge in [-0.1, -0.05) is 0 Å². The van der Waals surface area contributed by atoms with Gasteiger partial charge in [0.05, 0.1) is 16.7 Å². The van der Waals surface area contributed by atoms with Crippen molar-refractivity contribution < 1.29 is 5.11 Å². The van der Waals surface area contributed by atoms with E-state index in [1.54, 1.807) is 12.1 Å². The molecule has 0 aliphatic heterocycles. The van der Waals surface area contributed by atoms with Crippen LogP contribution >= 0.6 is 0 Å². The number of aromatic nitrogens is 3. The number of aryl methyl sites for hydroxylation is 2. The Balaban J connectivity index is 2.19. The summed E-state index contributed by atoms with van der Waals surface area (Å²) in [5.74, 6) is 1.04. The van der Waals surface area contributed by atoms with Crippen LogP contribution in [0.5, 0.6) is 5.75 Å². The second-order valence-electron chi connectivity index (χ2n) is 4.35. The predicted molar refractivity (Wildman–Crippen MR) is 70.5 cm³/mol. The fourth-order valence-corrected chi connectivity index (χ4v) is 2.10. The first-order chi connectivity index (χ1) is 8.63. The molecule has 2 heterocycles. The Hall–Kier alpha value is -2.36. The molecule has 0 spiro atoms. The van der Waals surface area contributed by atoms with E-state index in [1.807, 2.05) is 32.0 Å². The second-order valence-corrected chi connectivity index (χ2v) is 4.35. The molecular formula is C14H13N3O. The van der Waals surface area contributed by atoms with Crippen LogP contribution in [-0.2, 0) is 0 Å². The average molecular weight is 239 g/mol. The van der Waals surface area contributed by atoms with E-state index in [2.05, 4.69) is 15.0 Å². The third-order valence-electron chi connectivity index (χ3n) is 2.95. The van der Waals surface area contributed by atoms with Crippen LogP contribution in [0.15, 0.2) is 30.3 Å². The summed E-state index contributed by atoms with van der Waals surface area (Å²) in [5, 5.41) is 9.29. The van der Waals surface area contributed by atoms with E-state index in [-0.39, 0.29) is 5.75 Å². The molecule has 0 bridgehead atoms. The zero-order chi connectivity index (χ0) is 12.7. The SMILES string of the molecule is Cc1nc(C)c2[nH]c(-c3ccc(O)cc3)cc2n1. The van der Waals surface area contributed by atoms with Gasteiger partial charge in [-0.05, 0) is 49.7 Å². The number of benzene rings is 1. The van der Waals surface area contributed by atoms with Gasteiger partial charge in [0.2, 0.25) is 0 Å². The van der Waals surface area contributed by atoms with Gasteiger partial charge in [-0.3, -0.25) is 0 Å². The smallest absolute Gasteiger partial charge is 0.126 e. The molecule has 3 aromatic rings. The number of aromatic amines is 1. The number of H-pyrrole nitrogens is 1. The predicted octanol–water partition coefficient (Wildman–Crippen LogP) is 2.95. The Kier molecular flexibility index (Phi) is 2.30. The summed E-state index contributed by atoms with van der Waals surface area (Å²) in [4.78, 5) is 12.1. The Bertz CT molecular complexity index is 714. The molecule has 90 valence electrons. The number of nitrogens with zero attached hydrogens (tertiary/aromatic N) is 2. The van der Waals surface area contributed by atoms with Crippen molar-refractivity contribution >= 4 is 11.0 Å². The van der Waals surface area contributed by atoms with Gasteiger partial charge < -0.3 is 10.1 Å². The molecule has 3 rings (SSSR count). The molecular weight excluding hydrogens is 226 g/mol. The highest BCUT2D eigenvalue weighted by Crippen LogP contribution is 2.25. The molecule has 2 N–H and O–H groups in total. The summed E-state index contributed by atoms with van der Waals surface area (Å²) in [5.41, 5.74) is 4.82. The van der Waals surface area contributed by atoms with Crippen LogP contribution in [0, 0.1) is 13.8 Å². The Morgan fingerprint density at radius 3 is 2.50 bits per heavy atom. The lowest BCUT2D eigenvalue weighted by Crippen LogP contribution is -1.91. The highest BCUT2D eigenvalue weighted by atomic mass is 16.3. The van der Waals surface area contributed by atoms with E-state index in [0.717, 1.165) is 33.8 Å². The lowest BCUT2D eigenvalue weighted by molar-refractivity contribution is 0.475. The van der Waals surface area contributed by atoms with Crippen LogP contribution in [0.2, 0.25) is 0 Å². The fourth-order valence-electron chi connectivity index (χ4n) is 2.10. The summed E-state index contributed by atoms with van der Waals surface area (Å²) in [7, 11) is 0. The van der Waals surface area contributed by atoms with Crippen molar-refractivity contribution in [2.24, 2.45) is 0 Å². The molecule has 0 saturated carbocycles. The maximum absolute atomic E-state index is 9.29. The van der Waals surface area contributed by atoms with Gasteiger partial charge in [-0.15, -0.1) is 0 Å². The first-order valence-corrected chi connectivity index (χ1v) is 5.77. The molecule has 0 aliphatic rings. The summed E-state index contributed by atoms with van der Waals surface area (Å²) >= 11 is 0. The van der Waals surface area contributed by atoms with Gasteiger partial charge in [0.15, 0.2) is 0 Å². The average Bonchev–Trinajstić information content (AvgIpc) is 2.74. The third kappa shape index (κ3) is 1.72. The minimum Gasteiger partial charge on any atom is -0.508 e. The van der Waals surface area contributed by atoms with Gasteiger partial charge in [-0.25, -0.2) is 9.97 Å². The number of aromatic hydroxyl groups is 1. The standard InChI is InChI=1S/C14H13N3O/c1-8-14-13(16-9(2)15-8)7-12(17-14)10-3-5-11(18)6-4-10/h3-7,17-18H,1-2H3. The molecule has 0 saturated heterocycles. The van der Waals surface area contributed by atoms with Crippen LogP contribution < -0.4 is 0 Å². The summed E-state index contributed by atoms with van der Waals surface area (Å²) in [6.07, 6.45) is 0. The molecule has 0 atom stereocenters. The highest BCUT2D eigenvalue weighted by molar-refractivity contribution is 5.84. The van der Waals surface area contributed by atoms with E-state index in [0.29, 0.717) is 0 Å². The number of fused-ring (bicyclic) bond motifs is 1. The van der Waals surface area contributed by atoms with Gasteiger partial charge in [0.25, 0.3) is 0 Å². The second kappa shape index (κ2) is 3.84. The molecule has 2 aromatic heterocycles. The first kappa shape index (κ1) is 10.8. The van der Waals surface area contributed by atoms with E-state index in [1.165, 1.54) is 0 Å². The van der Waals surface area contributed by atoms with Gasteiger partial charge >= 0.3 is 0 Å². The van der Waals surface area contributed by atoms with Crippen molar-refractivity contribution in [3.63, 3.8) is 0 Å². The van der Waals surface area contributed by atoms with Crippen molar-refractivity contribution in [1.29, 1.82) is 0 Å². The van der Waals surface area contributed by atoms with E-state index >= 15 is 0 Å². The fraction of sp³-hybridized carbons (Fsp3) is 0.143. The van der Waals surface area contributed by atoms with Crippen LogP contribution in [0.4, 0.5) is 0 Å². The van der Waals surface area contributed by atoms with E-state index < -0.39 is 0 Å². The maximum Gasteiger partial charge on any atom is 0.126 e. The molecule has 4 nitrogen and oxygen atoms in total. The maximum atomic E-state index is 9.29. The van der Waals surface area contributed by atoms with Gasteiger partial charge in [-0.2, -0.15) is 0 Å². The van der Waals surface area contributed by atoms with Crippen molar-refractivity contribution in [3.05, 3.63) is 41.9 Å². The Morgan fingerprint density at radius 2 is 1.78 bits per heavy atom. The third-order valence-corrected chi connectivity index (χ3v) is 2.95. The number of hydrogen-bond acceptors (Lipinski definition) is 3. The quantitative estimate of drug-likeness (QED) is 0.686. The number of phenols is 1. The largest absolute Gasteiger partial charge is 0.508 e. The van der Waals surface area contributed by atoms with Crippen molar-refractivity contribution in [2.75, 3.05) is 0 Å². The first-order valence-electron chi connectivity index (χ1n) is 5.77. The molecule has 0 unspecified atom stereocenters. The summed E-state index contributed by atoms with van der Waals surface area (Å²) < 4.78 is 0. The molecule has 0 amide bonds. The normalized spacial score (nSPS) is 11.0. The zero-order valence-electron chi connectivity index (χ0n) is 10.2. The van der Waals surface area contributed by atoms with Crippen molar-refractivity contribution in [1.82, 2.24) is 15.0 Å². The number of phenolic OH excluding ortho intramolecular Hbond substituents is 1. The number of hydrogen-bond donors (Lipinski definition) is 2. The van der Waals surface area contributed by atoms with Crippen LogP contribution in [0.3, 0.4) is 0 Å². The topological polar surface area (TPSA) is 61.8 Å². The molecule has 1 aromatic carbocycles. The molecule has 0 aliphatic carbocycles. The number of rotatable bonds is 1. The van der Waals surface area contributed by atoms with Crippen molar-refractivity contribution in [2.45, 2.75) is 13.8 Å². The van der Waals surface area contributed by atoms with Crippen LogP contribution in [0.25, 0.3) is 22.3 Å². The highest BCUT2D eigenvalue weighted by Gasteiger charge is 2.08. The van der Waals surface area contributed by atoms with Gasteiger partial charge in [0, 0.05) is 5.69 Å². The van der Waals surface area contributed by atoms with E-state index in [9.17, 15) is 5.11 Å². The van der Waals surface area contributed by atoms with Crippen LogP contribution in [0.1, 0.15) is 11.5 Å². The monoisotopic (exact) mass is 239 g/mol. The molecule has 0 fully saturated rings. The molecule has 18 heavy (non-hydrogen) atoms. The van der Waals surface area contributed by atoms with Gasteiger partial charge in [0.1, 0.15) is 11.6 Å². The summed E-state index contributed by atoms with van der Waals surface area (Å²) in [6.45, 7) is 3.85. The Morgan fingerprint density at radius 1 is 1.06 bits per heavy atom. The summed E-state index contributed by atoms with van der Waals surface area (Å²) in [6, 6.07) is 9.09. The van der Waals surface area contributed by atoms with Crippen molar-refractivity contribution in [3.8, 4) is 17.0 Å². The minimum atomic E-state index is 0.265.